The zero-order valence-electron chi connectivity index (χ0n) is 20.2. The summed E-state index contributed by atoms with van der Waals surface area (Å²) < 4.78 is 1.49. The van der Waals surface area contributed by atoms with E-state index in [1.54, 1.807) is 74.0 Å². The number of anilines is 1. The molecule has 0 atom stereocenters. The van der Waals surface area contributed by atoms with Gasteiger partial charge in [-0.05, 0) is 49.3 Å². The van der Waals surface area contributed by atoms with Crippen LogP contribution in [0.5, 0.6) is 0 Å². The average Bonchev–Trinajstić information content (AvgIpc) is 2.82. The second-order valence-corrected chi connectivity index (χ2v) is 7.10. The van der Waals surface area contributed by atoms with E-state index in [4.69, 9.17) is 0 Å². The van der Waals surface area contributed by atoms with E-state index in [0.29, 0.717) is 22.7 Å². The molecule has 0 aliphatic rings. The molecule has 0 aromatic carbocycles. The van der Waals surface area contributed by atoms with Crippen molar-refractivity contribution in [3.63, 3.8) is 0 Å². The molecule has 0 saturated carbocycles. The summed E-state index contributed by atoms with van der Waals surface area (Å²) >= 11 is 0. The fourth-order valence-corrected chi connectivity index (χ4v) is 3.06. The van der Waals surface area contributed by atoms with Crippen LogP contribution in [0, 0.1) is 0 Å². The molecule has 1 amide bonds. The molecular formula is C29H33N3O2. The molecule has 1 aromatic heterocycles. The number of aryl methyl sites for hydroxylation is 1. The van der Waals surface area contributed by atoms with Gasteiger partial charge in [0.2, 0.25) is 0 Å². The standard InChI is InChI=1S/C29H33N3O2/c1-9-15-18-22(16-10-2)28(33)31-26(17-11-3)21(7)25(14-6)23-19-27(29(34)32(8)20-23)30-24(12-4)13-5/h9-20,30H,1-4,6H2,5,7-8H3,(H,31,33)/b18-15-,22-16+,24-13+,25-21+,26-17+. The predicted octanol–water partition coefficient (Wildman–Crippen LogP) is 5.89. The number of nitrogens with one attached hydrogen (secondary N) is 2. The fraction of sp³-hybridized carbons (Fsp3) is 0.103. The van der Waals surface area contributed by atoms with E-state index in [9.17, 15) is 9.59 Å². The van der Waals surface area contributed by atoms with Crippen LogP contribution in [0.2, 0.25) is 0 Å². The third-order valence-corrected chi connectivity index (χ3v) is 4.82. The number of amides is 1. The molecule has 0 aliphatic carbocycles. The van der Waals surface area contributed by atoms with Crippen molar-refractivity contribution in [1.29, 1.82) is 0 Å². The molecule has 5 nitrogen and oxygen atoms in total. The van der Waals surface area contributed by atoms with Crippen LogP contribution in [0.3, 0.4) is 0 Å². The van der Waals surface area contributed by atoms with Gasteiger partial charge in [0.25, 0.3) is 11.5 Å². The SMILES string of the molecule is C=C/C=C\C(=C/C=C)C(=O)NC(=C/C=C)/C(C)=C(\C=C)c1cc(N/C(C=C)=C/C)c(=O)n(C)c1. The summed E-state index contributed by atoms with van der Waals surface area (Å²) in [5, 5.41) is 6.02. The van der Waals surface area contributed by atoms with Gasteiger partial charge in [-0.2, -0.15) is 0 Å². The molecule has 2 N–H and O–H groups in total. The van der Waals surface area contributed by atoms with Gasteiger partial charge in [-0.1, -0.05) is 75.4 Å². The van der Waals surface area contributed by atoms with E-state index < -0.39 is 0 Å². The van der Waals surface area contributed by atoms with Crippen LogP contribution in [-0.4, -0.2) is 10.5 Å². The van der Waals surface area contributed by atoms with E-state index >= 15 is 0 Å². The van der Waals surface area contributed by atoms with Gasteiger partial charge in [-0.15, -0.1) is 0 Å². The lowest BCUT2D eigenvalue weighted by molar-refractivity contribution is -0.116. The molecule has 1 aromatic rings. The molecule has 0 bridgehead atoms. The molecule has 0 spiro atoms. The average molecular weight is 456 g/mol. The maximum absolute atomic E-state index is 12.9. The summed E-state index contributed by atoms with van der Waals surface area (Å²) in [5.74, 6) is -0.319. The highest BCUT2D eigenvalue weighted by Gasteiger charge is 2.14. The Bertz CT molecular complexity index is 1200. The molecule has 0 saturated heterocycles. The molecule has 0 unspecified atom stereocenters. The molecule has 0 radical (unpaired) electrons. The van der Waals surface area contributed by atoms with Crippen LogP contribution in [0.25, 0.3) is 5.57 Å². The van der Waals surface area contributed by atoms with Crippen LogP contribution in [-0.2, 0) is 11.8 Å². The minimum atomic E-state index is -0.319. The lowest BCUT2D eigenvalue weighted by Crippen LogP contribution is -2.25. The van der Waals surface area contributed by atoms with Crippen LogP contribution in [0.1, 0.15) is 19.4 Å². The lowest BCUT2D eigenvalue weighted by atomic mass is 9.99. The normalized spacial score (nSPS) is 13.1. The van der Waals surface area contributed by atoms with Crippen molar-refractivity contribution in [1.82, 2.24) is 9.88 Å². The number of pyridine rings is 1. The topological polar surface area (TPSA) is 63.1 Å². The molecule has 0 aliphatic heterocycles. The number of hydrogen-bond acceptors (Lipinski definition) is 3. The predicted molar refractivity (Wildman–Crippen MR) is 146 cm³/mol. The van der Waals surface area contributed by atoms with Crippen molar-refractivity contribution in [2.75, 3.05) is 5.32 Å². The quantitative estimate of drug-likeness (QED) is 0.305. The minimum Gasteiger partial charge on any atom is -0.351 e. The van der Waals surface area contributed by atoms with E-state index in [2.05, 4.69) is 43.5 Å². The Balaban J connectivity index is 3.60. The second kappa shape index (κ2) is 13.9. The second-order valence-electron chi connectivity index (χ2n) is 7.10. The Morgan fingerprint density at radius 2 is 1.71 bits per heavy atom. The highest BCUT2D eigenvalue weighted by atomic mass is 16.1. The largest absolute Gasteiger partial charge is 0.351 e. The number of allylic oxidation sites excluding steroid dienone is 11. The zero-order valence-corrected chi connectivity index (χ0v) is 20.2. The third-order valence-electron chi connectivity index (χ3n) is 4.82. The number of aromatic nitrogens is 1. The van der Waals surface area contributed by atoms with Gasteiger partial charge in [0.05, 0.1) is 0 Å². The summed E-state index contributed by atoms with van der Waals surface area (Å²) in [7, 11) is 1.68. The summed E-state index contributed by atoms with van der Waals surface area (Å²) in [6, 6.07) is 1.75. The van der Waals surface area contributed by atoms with Crippen molar-refractivity contribution in [3.8, 4) is 0 Å². The van der Waals surface area contributed by atoms with Crippen LogP contribution in [0.4, 0.5) is 5.69 Å². The van der Waals surface area contributed by atoms with Gasteiger partial charge in [-0.3, -0.25) is 9.59 Å². The third kappa shape index (κ3) is 7.35. The van der Waals surface area contributed by atoms with Crippen molar-refractivity contribution in [3.05, 3.63) is 144 Å². The highest BCUT2D eigenvalue weighted by molar-refractivity contribution is 5.98. The van der Waals surface area contributed by atoms with Gasteiger partial charge in [0, 0.05) is 35.8 Å². The van der Waals surface area contributed by atoms with Gasteiger partial charge in [0.15, 0.2) is 0 Å². The maximum atomic E-state index is 12.9. The summed E-state index contributed by atoms with van der Waals surface area (Å²) in [6.07, 6.45) is 18.2. The molecule has 176 valence electrons. The van der Waals surface area contributed by atoms with Crippen LogP contribution in [0.15, 0.2) is 133 Å². The van der Waals surface area contributed by atoms with Gasteiger partial charge in [0.1, 0.15) is 5.69 Å². The minimum absolute atomic E-state index is 0.186. The van der Waals surface area contributed by atoms with Crippen molar-refractivity contribution in [2.45, 2.75) is 13.8 Å². The molecule has 0 fully saturated rings. The van der Waals surface area contributed by atoms with Crippen molar-refractivity contribution in [2.24, 2.45) is 7.05 Å². The Hall–Kier alpha value is -4.38. The van der Waals surface area contributed by atoms with E-state index in [0.717, 1.165) is 16.7 Å². The Kier molecular flexibility index (Phi) is 11.3. The first kappa shape index (κ1) is 27.7. The molecule has 5 heteroatoms. The first-order chi connectivity index (χ1) is 16.3. The van der Waals surface area contributed by atoms with Crippen LogP contribution >= 0.6 is 0 Å². The number of carbonyl (C=O) groups is 1. The van der Waals surface area contributed by atoms with Crippen molar-refractivity contribution < 1.29 is 4.79 Å². The first-order valence-corrected chi connectivity index (χ1v) is 10.6. The Morgan fingerprint density at radius 3 is 2.24 bits per heavy atom. The van der Waals surface area contributed by atoms with Crippen molar-refractivity contribution >= 4 is 17.2 Å². The van der Waals surface area contributed by atoms with E-state index in [1.165, 1.54) is 4.57 Å². The monoisotopic (exact) mass is 455 g/mol. The summed E-state index contributed by atoms with van der Waals surface area (Å²) in [5.41, 5.74) is 4.10. The number of hydrogen-bond donors (Lipinski definition) is 2. The molecular weight excluding hydrogens is 422 g/mol. The lowest BCUT2D eigenvalue weighted by Gasteiger charge is -2.16. The number of nitrogens with zero attached hydrogens (tertiary/aromatic N) is 1. The van der Waals surface area contributed by atoms with Gasteiger partial charge < -0.3 is 15.2 Å². The summed E-state index contributed by atoms with van der Waals surface area (Å²) in [4.78, 5) is 25.6. The first-order valence-electron chi connectivity index (χ1n) is 10.6. The number of carbonyl (C=O) groups excluding carboxylic acids is 1. The van der Waals surface area contributed by atoms with Gasteiger partial charge in [-0.25, -0.2) is 0 Å². The maximum Gasteiger partial charge on any atom is 0.274 e. The van der Waals surface area contributed by atoms with Crippen LogP contribution < -0.4 is 16.2 Å². The fourth-order valence-electron chi connectivity index (χ4n) is 3.06. The number of rotatable bonds is 12. The molecule has 1 rings (SSSR count). The van der Waals surface area contributed by atoms with Gasteiger partial charge >= 0.3 is 0 Å². The Morgan fingerprint density at radius 1 is 1.03 bits per heavy atom. The highest BCUT2D eigenvalue weighted by Crippen LogP contribution is 2.25. The Labute approximate surface area is 202 Å². The molecule has 1 heterocycles. The molecule has 34 heavy (non-hydrogen) atoms. The van der Waals surface area contributed by atoms with E-state index in [1.807, 2.05) is 19.9 Å². The summed E-state index contributed by atoms with van der Waals surface area (Å²) in [6.45, 7) is 22.5. The van der Waals surface area contributed by atoms with E-state index in [-0.39, 0.29) is 11.5 Å². The zero-order chi connectivity index (χ0) is 25.7. The smallest absolute Gasteiger partial charge is 0.274 e.